The maximum atomic E-state index is 13.4. The second kappa shape index (κ2) is 5.93. The topological polar surface area (TPSA) is 26.3 Å². The van der Waals surface area contributed by atoms with Crippen LogP contribution < -0.4 is 0 Å². The number of ether oxygens (including phenoxy) is 1. The van der Waals surface area contributed by atoms with Crippen LogP contribution in [0.5, 0.6) is 0 Å². The van der Waals surface area contributed by atoms with Crippen LogP contribution in [0.3, 0.4) is 0 Å². The number of carbonyl (C=O) groups is 1. The molecule has 0 heterocycles. The monoisotopic (exact) mass is 404 g/mol. The highest BCUT2D eigenvalue weighted by atomic mass is 19.4. The molecule has 0 radical (unpaired) electrons. The molecule has 0 bridgehead atoms. The van der Waals surface area contributed by atoms with Gasteiger partial charge in [-0.2, -0.15) is 57.1 Å². The molecule has 0 aliphatic carbocycles. The average molecular weight is 404 g/mol. The zero-order chi connectivity index (χ0) is 20.9. The van der Waals surface area contributed by atoms with Gasteiger partial charge in [0.05, 0.1) is 0 Å². The lowest BCUT2D eigenvalue weighted by Gasteiger charge is -2.43. The molecule has 0 amide bonds. The van der Waals surface area contributed by atoms with Crippen molar-refractivity contribution in [2.45, 2.75) is 42.9 Å². The van der Waals surface area contributed by atoms with E-state index in [0.29, 0.717) is 6.92 Å². The molecule has 0 rings (SSSR count). The minimum absolute atomic E-state index is 0.333. The largest absolute Gasteiger partial charge is 0.460 e. The molecule has 0 unspecified atom stereocenters. The van der Waals surface area contributed by atoms with Crippen LogP contribution in [0.1, 0.15) is 6.92 Å². The third-order valence-corrected chi connectivity index (χ3v) is 2.59. The van der Waals surface area contributed by atoms with Crippen LogP contribution in [0.2, 0.25) is 0 Å². The van der Waals surface area contributed by atoms with Gasteiger partial charge in [0.25, 0.3) is 0 Å². The van der Waals surface area contributed by atoms with Crippen LogP contribution in [0.15, 0.2) is 12.2 Å². The second-order valence-corrected chi connectivity index (χ2v) is 4.49. The Balaban J connectivity index is 6.99. The smallest absolute Gasteiger partial charge is 0.431 e. The summed E-state index contributed by atoms with van der Waals surface area (Å²) in [6, 6.07) is 0. The molecule has 0 spiro atoms. The lowest BCUT2D eigenvalue weighted by molar-refractivity contribution is -0.472. The Morgan fingerprint density at radius 1 is 0.680 bits per heavy atom. The molecule has 148 valence electrons. The predicted octanol–water partition coefficient (Wildman–Crippen LogP) is 4.80. The van der Waals surface area contributed by atoms with Crippen LogP contribution in [-0.4, -0.2) is 41.9 Å². The summed E-state index contributed by atoms with van der Waals surface area (Å²) in [5, 5.41) is 0. The van der Waals surface area contributed by atoms with Crippen molar-refractivity contribution >= 4 is 5.97 Å². The van der Waals surface area contributed by atoms with Crippen molar-refractivity contribution in [2.75, 3.05) is 0 Å². The third kappa shape index (κ3) is 3.36. The summed E-state index contributed by atoms with van der Waals surface area (Å²) in [7, 11) is 0. The first kappa shape index (κ1) is 23.3. The van der Waals surface area contributed by atoms with Crippen molar-refractivity contribution in [3.8, 4) is 0 Å². The fourth-order valence-electron chi connectivity index (χ4n) is 1.32. The Hall–Kier alpha value is -1.70. The van der Waals surface area contributed by atoms with E-state index < -0.39 is 47.5 Å². The Bertz CT molecular complexity index is 522. The minimum Gasteiger partial charge on any atom is -0.431 e. The van der Waals surface area contributed by atoms with Crippen molar-refractivity contribution < 1.29 is 66.6 Å². The van der Waals surface area contributed by atoms with Gasteiger partial charge < -0.3 is 4.74 Å². The maximum Gasteiger partial charge on any atom is 0.460 e. The molecule has 25 heavy (non-hydrogen) atoms. The van der Waals surface area contributed by atoms with Gasteiger partial charge in [-0.3, -0.25) is 0 Å². The molecular weight excluding hydrogens is 399 g/mol. The van der Waals surface area contributed by atoms with Gasteiger partial charge in [0.1, 0.15) is 0 Å². The number of halogens is 13. The first-order valence-corrected chi connectivity index (χ1v) is 5.42. The SMILES string of the molecule is C=C(C)C(=O)OC(C(F)(F)F)(C(F)(F)F)C(F)(F)C(F)(F)C(F)(F)F. The molecule has 0 fully saturated rings. The third-order valence-electron chi connectivity index (χ3n) is 2.59. The molecular formula is C10H5F13O2. The van der Waals surface area contributed by atoms with Crippen LogP contribution in [-0.2, 0) is 9.53 Å². The number of rotatable bonds is 4. The summed E-state index contributed by atoms with van der Waals surface area (Å²) in [5.74, 6) is -18.8. The highest BCUT2D eigenvalue weighted by Crippen LogP contribution is 2.61. The molecule has 0 aromatic rings. The van der Waals surface area contributed by atoms with E-state index in [0.717, 1.165) is 0 Å². The predicted molar refractivity (Wildman–Crippen MR) is 51.7 cm³/mol. The fraction of sp³-hybridized carbons (Fsp3) is 0.700. The quantitative estimate of drug-likeness (QED) is 0.382. The normalized spacial score (nSPS) is 15.1. The van der Waals surface area contributed by atoms with Gasteiger partial charge in [-0.1, -0.05) is 6.58 Å². The fourth-order valence-corrected chi connectivity index (χ4v) is 1.32. The summed E-state index contributed by atoms with van der Waals surface area (Å²) in [6.07, 6.45) is -22.8. The maximum absolute atomic E-state index is 13.4. The second-order valence-electron chi connectivity index (χ2n) is 4.49. The Labute approximate surface area is 129 Å². The van der Waals surface area contributed by atoms with Crippen molar-refractivity contribution in [3.63, 3.8) is 0 Å². The molecule has 0 aliphatic heterocycles. The van der Waals surface area contributed by atoms with Crippen LogP contribution in [0.4, 0.5) is 57.1 Å². The van der Waals surface area contributed by atoms with E-state index in [2.05, 4.69) is 11.3 Å². The molecule has 0 saturated carbocycles. The van der Waals surface area contributed by atoms with Crippen molar-refractivity contribution in [3.05, 3.63) is 12.2 Å². The molecule has 0 aromatic heterocycles. The minimum atomic E-state index is -8.01. The standard InChI is InChI=1S/C10H5F13O2/c1-3(2)4(24)25-5(8(15,16)17,9(18,19)20)6(11,12)7(13,14)10(21,22)23/h1H2,2H3. The van der Waals surface area contributed by atoms with E-state index in [1.54, 1.807) is 0 Å². The summed E-state index contributed by atoms with van der Waals surface area (Å²) in [4.78, 5) is 10.9. The molecule has 2 nitrogen and oxygen atoms in total. The molecule has 15 heteroatoms. The number of hydrogen-bond donors (Lipinski definition) is 0. The van der Waals surface area contributed by atoms with Gasteiger partial charge in [0, 0.05) is 5.57 Å². The molecule has 0 atom stereocenters. The Kier molecular flexibility index (Phi) is 5.53. The van der Waals surface area contributed by atoms with Crippen LogP contribution in [0, 0.1) is 0 Å². The molecule has 0 aliphatic rings. The molecule has 0 N–H and O–H groups in total. The van der Waals surface area contributed by atoms with E-state index in [-0.39, 0.29) is 0 Å². The highest BCUT2D eigenvalue weighted by molar-refractivity contribution is 5.87. The summed E-state index contributed by atoms with van der Waals surface area (Å²) in [6.45, 7) is 2.77. The number of alkyl halides is 13. The number of hydrogen-bond acceptors (Lipinski definition) is 2. The molecule has 0 aromatic carbocycles. The van der Waals surface area contributed by atoms with Crippen LogP contribution >= 0.6 is 0 Å². The van der Waals surface area contributed by atoms with E-state index in [4.69, 9.17) is 0 Å². The first-order valence-electron chi connectivity index (χ1n) is 5.42. The van der Waals surface area contributed by atoms with Gasteiger partial charge in [0.2, 0.25) is 0 Å². The van der Waals surface area contributed by atoms with Crippen molar-refractivity contribution in [1.29, 1.82) is 0 Å². The molecule has 0 saturated heterocycles. The number of carbonyl (C=O) groups excluding carboxylic acids is 1. The lowest BCUT2D eigenvalue weighted by atomic mass is 9.88. The Morgan fingerprint density at radius 3 is 1.20 bits per heavy atom. The zero-order valence-corrected chi connectivity index (χ0v) is 11.4. The van der Waals surface area contributed by atoms with Gasteiger partial charge in [0.15, 0.2) is 0 Å². The van der Waals surface area contributed by atoms with Gasteiger partial charge in [-0.15, -0.1) is 0 Å². The van der Waals surface area contributed by atoms with Gasteiger partial charge in [-0.25, -0.2) is 4.79 Å². The summed E-state index contributed by atoms with van der Waals surface area (Å²) in [5.41, 5.74) is -8.91. The highest BCUT2D eigenvalue weighted by Gasteiger charge is 2.95. The van der Waals surface area contributed by atoms with Gasteiger partial charge >= 0.3 is 41.9 Å². The van der Waals surface area contributed by atoms with Crippen molar-refractivity contribution in [2.24, 2.45) is 0 Å². The van der Waals surface area contributed by atoms with E-state index in [1.807, 2.05) is 0 Å². The Morgan fingerprint density at radius 2 is 1.00 bits per heavy atom. The lowest BCUT2D eigenvalue weighted by Crippen LogP contribution is -2.76. The average Bonchev–Trinajstić information content (AvgIpc) is 2.29. The summed E-state index contributed by atoms with van der Waals surface area (Å²) < 4.78 is 167. The first-order chi connectivity index (χ1) is 10.6. The van der Waals surface area contributed by atoms with Gasteiger partial charge in [-0.05, 0) is 6.92 Å². The number of esters is 1. The van der Waals surface area contributed by atoms with E-state index in [1.165, 1.54) is 0 Å². The summed E-state index contributed by atoms with van der Waals surface area (Å²) >= 11 is 0. The van der Waals surface area contributed by atoms with E-state index >= 15 is 0 Å². The van der Waals surface area contributed by atoms with E-state index in [9.17, 15) is 61.9 Å². The van der Waals surface area contributed by atoms with Crippen molar-refractivity contribution in [1.82, 2.24) is 0 Å². The van der Waals surface area contributed by atoms with Crippen LogP contribution in [0.25, 0.3) is 0 Å². The zero-order valence-electron chi connectivity index (χ0n) is 11.4.